The molecule has 2 aliphatic heterocycles. The molecule has 3 heterocycles. The molecule has 10 heteroatoms. The van der Waals surface area contributed by atoms with Gasteiger partial charge in [-0.1, -0.05) is 43.3 Å². The molecule has 39 heavy (non-hydrogen) atoms. The lowest BCUT2D eigenvalue weighted by Crippen LogP contribution is -2.44. The van der Waals surface area contributed by atoms with Gasteiger partial charge in [0.05, 0.1) is 17.5 Å². The van der Waals surface area contributed by atoms with Crippen LogP contribution >= 0.6 is 11.3 Å². The Morgan fingerprint density at radius 1 is 1.05 bits per heavy atom. The van der Waals surface area contributed by atoms with E-state index in [0.29, 0.717) is 31.5 Å². The largest absolute Gasteiger partial charge is 0.352 e. The predicted molar refractivity (Wildman–Crippen MR) is 150 cm³/mol. The summed E-state index contributed by atoms with van der Waals surface area (Å²) >= 11 is 1.65. The number of amides is 2. The highest BCUT2D eigenvalue weighted by atomic mass is 32.2. The quantitative estimate of drug-likeness (QED) is 0.425. The second-order valence-electron chi connectivity index (χ2n) is 10.1. The third-order valence-corrected chi connectivity index (χ3v) is 10.3. The zero-order valence-corrected chi connectivity index (χ0v) is 23.3. The molecule has 8 nitrogen and oxygen atoms in total. The summed E-state index contributed by atoms with van der Waals surface area (Å²) in [6, 6.07) is 18.3. The standard InChI is InChI=1S/C29H31N3O5S2/c1-20(13-15-30-29(35)22-11-9-21(10-12-22)26-8-5-17-38-26)18-27(34)31-16-14-24-28(31)25(33)19-32(24)39(36,37)23-6-3-2-4-7-23/h2-12,17,20,24,28H,13-16,18-19H2,1H3,(H,30,35). The first kappa shape index (κ1) is 27.2. The second-order valence-corrected chi connectivity index (χ2v) is 13.0. The van der Waals surface area contributed by atoms with Crippen molar-refractivity contribution in [3.05, 3.63) is 77.7 Å². The van der Waals surface area contributed by atoms with Crippen LogP contribution in [0.3, 0.4) is 0 Å². The molecule has 1 aromatic heterocycles. The van der Waals surface area contributed by atoms with E-state index < -0.39 is 22.1 Å². The Morgan fingerprint density at radius 3 is 2.49 bits per heavy atom. The monoisotopic (exact) mass is 565 g/mol. The number of nitrogens with zero attached hydrogens (tertiary/aromatic N) is 2. The number of rotatable bonds is 9. The van der Waals surface area contributed by atoms with Gasteiger partial charge in [0.25, 0.3) is 5.91 Å². The van der Waals surface area contributed by atoms with Gasteiger partial charge in [-0.15, -0.1) is 11.3 Å². The van der Waals surface area contributed by atoms with Crippen molar-refractivity contribution in [1.29, 1.82) is 0 Å². The maximum Gasteiger partial charge on any atom is 0.251 e. The van der Waals surface area contributed by atoms with Crippen molar-refractivity contribution in [3.63, 3.8) is 0 Å². The highest BCUT2D eigenvalue weighted by Gasteiger charge is 2.53. The highest BCUT2D eigenvalue weighted by molar-refractivity contribution is 7.89. The molecule has 3 aromatic rings. The van der Waals surface area contributed by atoms with E-state index in [-0.39, 0.29) is 41.4 Å². The minimum atomic E-state index is -3.82. The van der Waals surface area contributed by atoms with Gasteiger partial charge in [0.15, 0.2) is 5.78 Å². The molecular weight excluding hydrogens is 534 g/mol. The molecule has 3 atom stereocenters. The summed E-state index contributed by atoms with van der Waals surface area (Å²) in [7, 11) is -3.82. The maximum absolute atomic E-state index is 13.2. The number of nitrogens with one attached hydrogen (secondary N) is 1. The number of hydrogen-bond acceptors (Lipinski definition) is 6. The van der Waals surface area contributed by atoms with Gasteiger partial charge in [-0.2, -0.15) is 4.31 Å². The van der Waals surface area contributed by atoms with Gasteiger partial charge in [0, 0.05) is 30.0 Å². The zero-order chi connectivity index (χ0) is 27.6. The second kappa shape index (κ2) is 11.4. The van der Waals surface area contributed by atoms with Crippen LogP contribution < -0.4 is 5.32 Å². The minimum Gasteiger partial charge on any atom is -0.352 e. The lowest BCUT2D eigenvalue weighted by molar-refractivity contribution is -0.137. The Bertz CT molecular complexity index is 1440. The van der Waals surface area contributed by atoms with Crippen LogP contribution in [0.2, 0.25) is 0 Å². The number of carbonyl (C=O) groups is 3. The average Bonchev–Trinajstić information content (AvgIpc) is 3.68. The van der Waals surface area contributed by atoms with Crippen LogP contribution in [-0.2, 0) is 19.6 Å². The third-order valence-electron chi connectivity index (χ3n) is 7.45. The van der Waals surface area contributed by atoms with E-state index in [9.17, 15) is 22.8 Å². The van der Waals surface area contributed by atoms with Gasteiger partial charge in [0.1, 0.15) is 6.04 Å². The van der Waals surface area contributed by atoms with Crippen LogP contribution in [-0.4, -0.2) is 66.9 Å². The molecule has 2 fully saturated rings. The van der Waals surface area contributed by atoms with Crippen molar-refractivity contribution in [2.24, 2.45) is 5.92 Å². The number of ketones is 1. The minimum absolute atomic E-state index is 0.0151. The Balaban J connectivity index is 1.12. The van der Waals surface area contributed by atoms with Gasteiger partial charge in [-0.3, -0.25) is 14.4 Å². The first-order chi connectivity index (χ1) is 18.8. The van der Waals surface area contributed by atoms with Gasteiger partial charge in [0.2, 0.25) is 15.9 Å². The van der Waals surface area contributed by atoms with Crippen molar-refractivity contribution in [2.45, 2.75) is 43.2 Å². The van der Waals surface area contributed by atoms with Crippen molar-refractivity contribution in [2.75, 3.05) is 19.6 Å². The number of benzene rings is 2. The third kappa shape index (κ3) is 5.68. The lowest BCUT2D eigenvalue weighted by atomic mass is 10.0. The summed E-state index contributed by atoms with van der Waals surface area (Å²) in [5.74, 6) is -0.572. The fraction of sp³-hybridized carbons (Fsp3) is 0.345. The van der Waals surface area contributed by atoms with Crippen LogP contribution in [0, 0.1) is 5.92 Å². The zero-order valence-electron chi connectivity index (χ0n) is 21.7. The van der Waals surface area contributed by atoms with E-state index in [4.69, 9.17) is 0 Å². The molecule has 204 valence electrons. The summed E-state index contributed by atoms with van der Waals surface area (Å²) in [5.41, 5.74) is 1.65. The number of fused-ring (bicyclic) bond motifs is 1. The Morgan fingerprint density at radius 2 is 1.79 bits per heavy atom. The number of hydrogen-bond donors (Lipinski definition) is 1. The van der Waals surface area contributed by atoms with Crippen LogP contribution in [0.25, 0.3) is 10.4 Å². The number of thiophene rings is 1. The fourth-order valence-corrected chi connectivity index (χ4v) is 7.76. The van der Waals surface area contributed by atoms with Gasteiger partial charge in [-0.25, -0.2) is 8.42 Å². The van der Waals surface area contributed by atoms with Crippen LogP contribution in [0.5, 0.6) is 0 Å². The fourth-order valence-electron chi connectivity index (χ4n) is 5.38. The lowest BCUT2D eigenvalue weighted by Gasteiger charge is -2.25. The van der Waals surface area contributed by atoms with Crippen molar-refractivity contribution < 1.29 is 22.8 Å². The van der Waals surface area contributed by atoms with E-state index in [2.05, 4.69) is 5.32 Å². The SMILES string of the molecule is CC(CCNC(=O)c1ccc(-c2cccs2)cc1)CC(=O)N1CCC2C1C(=O)CN2S(=O)(=O)c1ccccc1. The molecule has 2 aromatic carbocycles. The first-order valence-electron chi connectivity index (χ1n) is 13.1. The Hall–Kier alpha value is -3.34. The molecule has 0 aliphatic carbocycles. The van der Waals surface area contributed by atoms with E-state index >= 15 is 0 Å². The van der Waals surface area contributed by atoms with Crippen LogP contribution in [0.4, 0.5) is 0 Å². The van der Waals surface area contributed by atoms with Crippen LogP contribution in [0.1, 0.15) is 36.5 Å². The Labute approximate surface area is 232 Å². The van der Waals surface area contributed by atoms with Gasteiger partial charge in [-0.05, 0) is 60.0 Å². The van der Waals surface area contributed by atoms with Crippen molar-refractivity contribution in [3.8, 4) is 10.4 Å². The first-order valence-corrected chi connectivity index (χ1v) is 15.4. The maximum atomic E-state index is 13.2. The van der Waals surface area contributed by atoms with Crippen molar-refractivity contribution in [1.82, 2.24) is 14.5 Å². The number of sulfonamides is 1. The van der Waals surface area contributed by atoms with E-state index in [1.165, 1.54) is 16.4 Å². The van der Waals surface area contributed by atoms with E-state index in [1.807, 2.05) is 36.6 Å². The molecule has 1 N–H and O–H groups in total. The normalized spacial score (nSPS) is 20.1. The topological polar surface area (TPSA) is 104 Å². The molecule has 5 rings (SSSR count). The molecule has 2 saturated heterocycles. The smallest absolute Gasteiger partial charge is 0.251 e. The summed E-state index contributed by atoms with van der Waals surface area (Å²) in [4.78, 5) is 41.4. The number of likely N-dealkylation sites (tertiary alicyclic amines) is 1. The predicted octanol–water partition coefficient (Wildman–Crippen LogP) is 3.80. The van der Waals surface area contributed by atoms with Crippen LogP contribution in [0.15, 0.2) is 77.0 Å². The molecule has 0 radical (unpaired) electrons. The number of carbonyl (C=O) groups excluding carboxylic acids is 3. The molecule has 2 amide bonds. The molecule has 0 bridgehead atoms. The molecule has 0 saturated carbocycles. The molecule has 3 unspecified atom stereocenters. The summed E-state index contributed by atoms with van der Waals surface area (Å²) in [6.07, 6.45) is 1.27. The number of Topliss-reactive ketones (excluding diaryl/α,β-unsaturated/α-hetero) is 1. The average molecular weight is 566 g/mol. The Kier molecular flexibility index (Phi) is 7.97. The molecule has 0 spiro atoms. The van der Waals surface area contributed by atoms with E-state index in [0.717, 1.165) is 10.4 Å². The van der Waals surface area contributed by atoms with Crippen molar-refractivity contribution >= 4 is 39.0 Å². The molecule has 2 aliphatic rings. The highest BCUT2D eigenvalue weighted by Crippen LogP contribution is 2.34. The van der Waals surface area contributed by atoms with Gasteiger partial charge >= 0.3 is 0 Å². The summed E-state index contributed by atoms with van der Waals surface area (Å²) in [6.45, 7) is 2.50. The van der Waals surface area contributed by atoms with E-state index in [1.54, 1.807) is 46.6 Å². The summed E-state index contributed by atoms with van der Waals surface area (Å²) in [5, 5.41) is 4.93. The summed E-state index contributed by atoms with van der Waals surface area (Å²) < 4.78 is 27.6. The molecular formula is C29H31N3O5S2. The van der Waals surface area contributed by atoms with Gasteiger partial charge < -0.3 is 10.2 Å².